The molecule has 0 bridgehead atoms. The zero-order valence-corrected chi connectivity index (χ0v) is 20.5. The Labute approximate surface area is 188 Å². The number of hydrogen-bond acceptors (Lipinski definition) is 2. The molecule has 0 N–H and O–H groups in total. The Morgan fingerprint density at radius 1 is 0.710 bits per heavy atom. The molecule has 0 spiro atoms. The van der Waals surface area contributed by atoms with Gasteiger partial charge < -0.3 is 9.47 Å². The maximum atomic E-state index is 6.52. The predicted octanol–water partition coefficient (Wildman–Crippen LogP) is 8.43. The van der Waals surface area contributed by atoms with Crippen molar-refractivity contribution in [2.24, 2.45) is 17.3 Å². The monoisotopic (exact) mass is 420 g/mol. The van der Waals surface area contributed by atoms with Gasteiger partial charge in [0, 0.05) is 21.5 Å². The molecule has 0 aliphatic rings. The summed E-state index contributed by atoms with van der Waals surface area (Å²) in [5, 5.41) is 4.60. The molecule has 2 nitrogen and oxygen atoms in total. The number of hydrogen-bond donors (Lipinski definition) is 0. The van der Waals surface area contributed by atoms with Crippen LogP contribution in [-0.4, -0.2) is 13.2 Å². The Morgan fingerprint density at radius 3 is 1.68 bits per heavy atom. The minimum atomic E-state index is 0.234. The highest BCUT2D eigenvalue weighted by molar-refractivity contribution is 6.11. The highest BCUT2D eigenvalue weighted by atomic mass is 16.5. The summed E-state index contributed by atoms with van der Waals surface area (Å²) in [7, 11) is 0. The van der Waals surface area contributed by atoms with Gasteiger partial charge >= 0.3 is 0 Å². The van der Waals surface area contributed by atoms with Crippen LogP contribution in [0.5, 0.6) is 11.5 Å². The molecule has 0 heterocycles. The third-order valence-electron chi connectivity index (χ3n) is 6.14. The third kappa shape index (κ3) is 5.73. The summed E-state index contributed by atoms with van der Waals surface area (Å²) < 4.78 is 13.0. The van der Waals surface area contributed by atoms with Gasteiger partial charge in [-0.15, -0.1) is 0 Å². The van der Waals surface area contributed by atoms with E-state index in [1.165, 1.54) is 10.9 Å². The molecule has 2 heteroatoms. The molecule has 0 amide bonds. The molecule has 3 rings (SSSR count). The van der Waals surface area contributed by atoms with Gasteiger partial charge in [-0.25, -0.2) is 0 Å². The second-order valence-corrected chi connectivity index (χ2v) is 10.5. The van der Waals surface area contributed by atoms with Gasteiger partial charge in [0.25, 0.3) is 0 Å². The van der Waals surface area contributed by atoms with Crippen LogP contribution in [0.4, 0.5) is 0 Å². The van der Waals surface area contributed by atoms with Gasteiger partial charge in [0.1, 0.15) is 11.5 Å². The van der Waals surface area contributed by atoms with Crippen LogP contribution in [-0.2, 0) is 6.42 Å². The summed E-state index contributed by atoms with van der Waals surface area (Å²) in [4.78, 5) is 0. The summed E-state index contributed by atoms with van der Waals surface area (Å²) in [6, 6.07) is 15.4. The number of benzene rings is 3. The lowest BCUT2D eigenvalue weighted by Crippen LogP contribution is -2.11. The largest absolute Gasteiger partial charge is 0.492 e. The van der Waals surface area contributed by atoms with Gasteiger partial charge in [0.2, 0.25) is 0 Å². The van der Waals surface area contributed by atoms with Crippen LogP contribution in [0, 0.1) is 17.3 Å². The standard InChI is InChI=1S/C29H40O2/c1-8-20(3)18-30-27-23-12-10-11-13-24(23)28(31-19-21(4)9-2)26-16-22(14-15-25(26)27)17-29(5,6)7/h10-16,20-21H,8-9,17-19H2,1-7H3. The maximum absolute atomic E-state index is 6.52. The first-order valence-electron chi connectivity index (χ1n) is 12.0. The average molecular weight is 421 g/mol. The van der Waals surface area contributed by atoms with Gasteiger partial charge in [-0.3, -0.25) is 0 Å². The highest BCUT2D eigenvalue weighted by Crippen LogP contribution is 2.44. The second kappa shape index (κ2) is 9.94. The highest BCUT2D eigenvalue weighted by Gasteiger charge is 2.19. The van der Waals surface area contributed by atoms with Gasteiger partial charge in [-0.2, -0.15) is 0 Å². The van der Waals surface area contributed by atoms with Crippen LogP contribution in [0.25, 0.3) is 21.5 Å². The van der Waals surface area contributed by atoms with Crippen molar-refractivity contribution in [1.29, 1.82) is 0 Å². The van der Waals surface area contributed by atoms with Crippen LogP contribution >= 0.6 is 0 Å². The number of fused-ring (bicyclic) bond motifs is 2. The molecular weight excluding hydrogens is 380 g/mol. The van der Waals surface area contributed by atoms with Crippen molar-refractivity contribution in [3.05, 3.63) is 48.0 Å². The summed E-state index contributed by atoms with van der Waals surface area (Å²) in [5.41, 5.74) is 1.58. The normalized spacial score (nSPS) is 14.0. The van der Waals surface area contributed by atoms with Crippen LogP contribution in [0.2, 0.25) is 0 Å². The Morgan fingerprint density at radius 2 is 1.19 bits per heavy atom. The number of rotatable bonds is 9. The SMILES string of the molecule is CCC(C)COc1c2ccccc2c(OCC(C)CC)c2cc(CC(C)(C)C)ccc12. The van der Waals surface area contributed by atoms with Gasteiger partial charge in [-0.05, 0) is 35.3 Å². The van der Waals surface area contributed by atoms with Crippen molar-refractivity contribution in [2.75, 3.05) is 13.2 Å². The molecule has 0 saturated carbocycles. The Kier molecular flexibility index (Phi) is 7.51. The van der Waals surface area contributed by atoms with Gasteiger partial charge in [0.05, 0.1) is 13.2 Å². The topological polar surface area (TPSA) is 18.5 Å². The molecule has 168 valence electrons. The maximum Gasteiger partial charge on any atom is 0.135 e. The van der Waals surface area contributed by atoms with Crippen molar-refractivity contribution in [2.45, 2.75) is 67.7 Å². The van der Waals surface area contributed by atoms with Crippen molar-refractivity contribution in [3.8, 4) is 11.5 Å². The molecule has 0 aromatic heterocycles. The van der Waals surface area contributed by atoms with Crippen LogP contribution in [0.15, 0.2) is 42.5 Å². The van der Waals surface area contributed by atoms with Crippen molar-refractivity contribution in [3.63, 3.8) is 0 Å². The quantitative estimate of drug-likeness (QED) is 0.323. The van der Waals surface area contributed by atoms with E-state index in [1.54, 1.807) is 0 Å². The van der Waals surface area contributed by atoms with Crippen molar-refractivity contribution >= 4 is 21.5 Å². The fourth-order valence-corrected chi connectivity index (χ4v) is 3.87. The second-order valence-electron chi connectivity index (χ2n) is 10.5. The molecule has 3 aromatic carbocycles. The number of ether oxygens (including phenoxy) is 2. The van der Waals surface area contributed by atoms with E-state index in [1.807, 2.05) is 0 Å². The van der Waals surface area contributed by atoms with E-state index in [0.29, 0.717) is 11.8 Å². The Bertz CT molecular complexity index is 1010. The summed E-state index contributed by atoms with van der Waals surface area (Å²) in [6.45, 7) is 17.3. The predicted molar refractivity (Wildman–Crippen MR) is 135 cm³/mol. The first kappa shape index (κ1) is 23.4. The van der Waals surface area contributed by atoms with E-state index in [4.69, 9.17) is 9.47 Å². The summed E-state index contributed by atoms with van der Waals surface area (Å²) >= 11 is 0. The fourth-order valence-electron chi connectivity index (χ4n) is 3.87. The lowest BCUT2D eigenvalue weighted by Gasteiger charge is -2.22. The van der Waals surface area contributed by atoms with E-state index in [9.17, 15) is 0 Å². The Balaban J connectivity index is 2.21. The van der Waals surface area contributed by atoms with E-state index in [2.05, 4.69) is 90.9 Å². The lowest BCUT2D eigenvalue weighted by molar-refractivity contribution is 0.258. The van der Waals surface area contributed by atoms with Crippen molar-refractivity contribution in [1.82, 2.24) is 0 Å². The molecule has 0 fully saturated rings. The molecule has 0 saturated heterocycles. The lowest BCUT2D eigenvalue weighted by atomic mass is 9.87. The zero-order valence-electron chi connectivity index (χ0n) is 20.5. The summed E-state index contributed by atoms with van der Waals surface area (Å²) in [5.74, 6) is 3.03. The fraction of sp³-hybridized carbons (Fsp3) is 0.517. The smallest absolute Gasteiger partial charge is 0.135 e. The first-order valence-corrected chi connectivity index (χ1v) is 12.0. The molecule has 3 aromatic rings. The van der Waals surface area contributed by atoms with Crippen molar-refractivity contribution < 1.29 is 9.47 Å². The molecule has 2 atom stereocenters. The molecule has 0 aliphatic carbocycles. The minimum absolute atomic E-state index is 0.234. The molecular formula is C29H40O2. The third-order valence-corrected chi connectivity index (χ3v) is 6.14. The van der Waals surface area contributed by atoms with Crippen LogP contribution < -0.4 is 9.47 Å². The van der Waals surface area contributed by atoms with Crippen LogP contribution in [0.1, 0.15) is 66.9 Å². The summed E-state index contributed by atoms with van der Waals surface area (Å²) in [6.07, 6.45) is 3.26. The van der Waals surface area contributed by atoms with E-state index in [-0.39, 0.29) is 5.41 Å². The van der Waals surface area contributed by atoms with Gasteiger partial charge in [-0.1, -0.05) is 97.7 Å². The molecule has 0 aliphatic heterocycles. The molecule has 2 unspecified atom stereocenters. The molecule has 31 heavy (non-hydrogen) atoms. The first-order chi connectivity index (χ1) is 14.7. The minimum Gasteiger partial charge on any atom is -0.492 e. The molecule has 0 radical (unpaired) electrons. The van der Waals surface area contributed by atoms with Crippen LogP contribution in [0.3, 0.4) is 0 Å². The van der Waals surface area contributed by atoms with E-state index >= 15 is 0 Å². The van der Waals surface area contributed by atoms with Gasteiger partial charge in [0.15, 0.2) is 0 Å². The van der Waals surface area contributed by atoms with E-state index < -0.39 is 0 Å². The Hall–Kier alpha value is -2.22. The zero-order chi connectivity index (χ0) is 22.6. The average Bonchev–Trinajstić information content (AvgIpc) is 2.74. The van der Waals surface area contributed by atoms with E-state index in [0.717, 1.165) is 60.1 Å².